The second-order valence-corrected chi connectivity index (χ2v) is 7.63. The molecule has 0 aliphatic rings. The Morgan fingerprint density at radius 2 is 2.00 bits per heavy atom. The van der Waals surface area contributed by atoms with E-state index in [9.17, 15) is 4.79 Å². The molecular formula is C26H33N5O. The van der Waals surface area contributed by atoms with Gasteiger partial charge in [-0.1, -0.05) is 67.5 Å². The third kappa shape index (κ3) is 8.57. The third-order valence-electron chi connectivity index (χ3n) is 4.83. The molecule has 0 aromatic heterocycles. The monoisotopic (exact) mass is 431 g/mol. The van der Waals surface area contributed by atoms with Crippen LogP contribution in [-0.2, 0) is 0 Å². The van der Waals surface area contributed by atoms with Crippen molar-refractivity contribution in [1.29, 1.82) is 0 Å². The van der Waals surface area contributed by atoms with E-state index >= 15 is 0 Å². The van der Waals surface area contributed by atoms with E-state index in [1.165, 1.54) is 0 Å². The van der Waals surface area contributed by atoms with E-state index in [1.54, 1.807) is 13.0 Å². The summed E-state index contributed by atoms with van der Waals surface area (Å²) < 4.78 is 0. The van der Waals surface area contributed by atoms with E-state index in [-0.39, 0.29) is 24.5 Å². The molecule has 0 heterocycles. The summed E-state index contributed by atoms with van der Waals surface area (Å²) in [6.07, 6.45) is 13.6. The highest BCUT2D eigenvalue weighted by atomic mass is 16.1. The van der Waals surface area contributed by atoms with Gasteiger partial charge >= 0.3 is 0 Å². The van der Waals surface area contributed by atoms with Gasteiger partial charge in [-0.2, -0.15) is 4.99 Å². The molecule has 2 N–H and O–H groups in total. The molecule has 32 heavy (non-hydrogen) atoms. The van der Waals surface area contributed by atoms with Crippen LogP contribution in [0.2, 0.25) is 0 Å². The van der Waals surface area contributed by atoms with Crippen LogP contribution in [0, 0.1) is 25.2 Å². The van der Waals surface area contributed by atoms with Crippen LogP contribution in [0.3, 0.4) is 0 Å². The molecule has 6 heteroatoms. The molecule has 6 nitrogen and oxygen atoms in total. The van der Waals surface area contributed by atoms with Crippen molar-refractivity contribution in [2.45, 2.75) is 40.2 Å². The molecule has 0 radical (unpaired) electrons. The van der Waals surface area contributed by atoms with Crippen LogP contribution < -0.4 is 10.6 Å². The second kappa shape index (κ2) is 12.9. The predicted molar refractivity (Wildman–Crippen MR) is 136 cm³/mol. The Labute approximate surface area is 192 Å². The van der Waals surface area contributed by atoms with Gasteiger partial charge in [0.25, 0.3) is 5.91 Å². The number of hydrogen-bond acceptors (Lipinski definition) is 2. The topological polar surface area (TPSA) is 78.2 Å². The molecule has 1 aromatic carbocycles. The standard InChI is InChI=1S/C26H33N5O/c1-9-26(7,21(5)16-12-10-14-19(2)3)31-25(30-22(6)27-8)29-18-28-24(32)23-17-13-11-15-20(23)4/h1,10-17,21H,2,8,18H2,3-7H3,(H,28,32)(H,29,31)/b14-10-,16-12-,30-22-. The molecule has 1 amide bonds. The number of hydrogen-bond donors (Lipinski definition) is 2. The zero-order valence-corrected chi connectivity index (χ0v) is 19.6. The quantitative estimate of drug-likeness (QED) is 0.276. The number of nitrogens with zero attached hydrogens (tertiary/aromatic N) is 3. The van der Waals surface area contributed by atoms with Crippen LogP contribution in [0.1, 0.15) is 43.6 Å². The Hall–Kier alpha value is -3.72. The molecule has 1 aromatic rings. The van der Waals surface area contributed by atoms with Crippen molar-refractivity contribution < 1.29 is 4.79 Å². The SMILES string of the molecule is C#CC(C)(NC(/N=C(/C)N=C)=N/CNC(=O)c1ccccc1C)C(C)/C=C\C=C/C(=C)C. The summed E-state index contributed by atoms with van der Waals surface area (Å²) >= 11 is 0. The van der Waals surface area contributed by atoms with Crippen molar-refractivity contribution >= 4 is 24.4 Å². The molecular weight excluding hydrogens is 398 g/mol. The first-order valence-corrected chi connectivity index (χ1v) is 10.3. The molecule has 168 valence electrons. The minimum Gasteiger partial charge on any atom is -0.338 e. The van der Waals surface area contributed by atoms with Crippen molar-refractivity contribution in [2.75, 3.05) is 6.67 Å². The largest absolute Gasteiger partial charge is 0.338 e. The molecule has 2 unspecified atom stereocenters. The number of nitrogens with one attached hydrogen (secondary N) is 2. The molecule has 0 bridgehead atoms. The lowest BCUT2D eigenvalue weighted by atomic mass is 9.87. The lowest BCUT2D eigenvalue weighted by Crippen LogP contribution is -2.49. The summed E-state index contributed by atoms with van der Waals surface area (Å²) in [5.41, 5.74) is 1.67. The van der Waals surface area contributed by atoms with Crippen molar-refractivity contribution in [1.82, 2.24) is 10.6 Å². The summed E-state index contributed by atoms with van der Waals surface area (Å²) in [5.74, 6) is 3.21. The van der Waals surface area contributed by atoms with Crippen molar-refractivity contribution in [3.05, 3.63) is 71.8 Å². The predicted octanol–water partition coefficient (Wildman–Crippen LogP) is 4.46. The fraction of sp³-hybridized carbons (Fsp3) is 0.308. The number of carbonyl (C=O) groups is 1. The van der Waals surface area contributed by atoms with E-state index in [4.69, 9.17) is 6.42 Å². The van der Waals surface area contributed by atoms with Crippen molar-refractivity contribution in [3.8, 4) is 12.3 Å². The van der Waals surface area contributed by atoms with Gasteiger partial charge in [0, 0.05) is 11.5 Å². The Morgan fingerprint density at radius 3 is 2.59 bits per heavy atom. The van der Waals surface area contributed by atoms with E-state index < -0.39 is 5.54 Å². The van der Waals surface area contributed by atoms with Crippen LogP contribution >= 0.6 is 0 Å². The molecule has 0 aliphatic carbocycles. The van der Waals surface area contributed by atoms with Gasteiger partial charge in [0.1, 0.15) is 18.0 Å². The smallest absolute Gasteiger partial charge is 0.252 e. The number of amidine groups is 1. The van der Waals surface area contributed by atoms with Gasteiger partial charge in [-0.25, -0.2) is 9.98 Å². The molecule has 0 saturated heterocycles. The Bertz CT molecular complexity index is 994. The first-order chi connectivity index (χ1) is 15.1. The number of rotatable bonds is 8. The highest BCUT2D eigenvalue weighted by Crippen LogP contribution is 2.18. The number of aryl methyl sites for hydroxylation is 1. The number of carbonyl (C=O) groups excluding carboxylic acids is 1. The van der Waals surface area contributed by atoms with Gasteiger partial charge in [-0.15, -0.1) is 6.42 Å². The van der Waals surface area contributed by atoms with Gasteiger partial charge < -0.3 is 10.6 Å². The molecule has 1 rings (SSSR count). The molecule has 0 aliphatic heterocycles. The highest BCUT2D eigenvalue weighted by Gasteiger charge is 2.28. The number of terminal acetylenes is 1. The summed E-state index contributed by atoms with van der Waals surface area (Å²) in [6, 6.07) is 7.35. The zero-order valence-electron chi connectivity index (χ0n) is 19.6. The van der Waals surface area contributed by atoms with Crippen LogP contribution in [0.5, 0.6) is 0 Å². The van der Waals surface area contributed by atoms with Gasteiger partial charge in [0.15, 0.2) is 0 Å². The maximum atomic E-state index is 12.5. The highest BCUT2D eigenvalue weighted by molar-refractivity contribution is 5.97. The summed E-state index contributed by atoms with van der Waals surface area (Å²) in [6.45, 7) is 16.7. The van der Waals surface area contributed by atoms with Crippen LogP contribution in [0.15, 0.2) is 75.7 Å². The lowest BCUT2D eigenvalue weighted by molar-refractivity contribution is 0.0954. The van der Waals surface area contributed by atoms with Gasteiger partial charge in [-0.05, 0) is 46.0 Å². The van der Waals surface area contributed by atoms with E-state index in [1.807, 2.05) is 70.2 Å². The number of aliphatic imine (C=N–C) groups is 3. The Balaban J connectivity index is 3.02. The van der Waals surface area contributed by atoms with Gasteiger partial charge in [0.05, 0.1) is 0 Å². The average Bonchev–Trinajstić information content (AvgIpc) is 2.76. The summed E-state index contributed by atoms with van der Waals surface area (Å²) in [7, 11) is 0. The summed E-state index contributed by atoms with van der Waals surface area (Å²) in [5, 5.41) is 6.00. The molecule has 2 atom stereocenters. The Kier molecular flexibility index (Phi) is 10.6. The van der Waals surface area contributed by atoms with Crippen molar-refractivity contribution in [2.24, 2.45) is 20.9 Å². The first kappa shape index (κ1) is 26.3. The van der Waals surface area contributed by atoms with Crippen LogP contribution in [-0.4, -0.2) is 36.6 Å². The molecule has 0 fully saturated rings. The number of amides is 1. The normalized spacial score (nSPS) is 15.1. The lowest BCUT2D eigenvalue weighted by Gasteiger charge is -2.30. The summed E-state index contributed by atoms with van der Waals surface area (Å²) in [4.78, 5) is 25.0. The number of guanidine groups is 1. The molecule has 0 saturated carbocycles. The maximum Gasteiger partial charge on any atom is 0.252 e. The number of allylic oxidation sites excluding steroid dienone is 4. The van der Waals surface area contributed by atoms with Gasteiger partial charge in [0.2, 0.25) is 5.96 Å². The van der Waals surface area contributed by atoms with Crippen molar-refractivity contribution in [3.63, 3.8) is 0 Å². The Morgan fingerprint density at radius 1 is 1.31 bits per heavy atom. The average molecular weight is 432 g/mol. The third-order valence-corrected chi connectivity index (χ3v) is 4.83. The molecule has 0 spiro atoms. The minimum absolute atomic E-state index is 0.0235. The fourth-order valence-electron chi connectivity index (χ4n) is 2.56. The maximum absolute atomic E-state index is 12.5. The first-order valence-electron chi connectivity index (χ1n) is 10.3. The van der Waals surface area contributed by atoms with E-state index in [2.05, 4.69) is 44.8 Å². The van der Waals surface area contributed by atoms with Crippen LogP contribution in [0.4, 0.5) is 0 Å². The van der Waals surface area contributed by atoms with E-state index in [0.717, 1.165) is 11.1 Å². The second-order valence-electron chi connectivity index (χ2n) is 7.63. The fourth-order valence-corrected chi connectivity index (χ4v) is 2.56. The van der Waals surface area contributed by atoms with Crippen LogP contribution in [0.25, 0.3) is 0 Å². The zero-order chi connectivity index (χ0) is 24.1. The van der Waals surface area contributed by atoms with Gasteiger partial charge in [-0.3, -0.25) is 4.79 Å². The van der Waals surface area contributed by atoms with E-state index in [0.29, 0.717) is 11.4 Å². The number of benzene rings is 1. The minimum atomic E-state index is -0.780.